The molecule has 156 valence electrons. The summed E-state index contributed by atoms with van der Waals surface area (Å²) in [7, 11) is 0. The molecule has 0 spiro atoms. The van der Waals surface area contributed by atoms with Gasteiger partial charge in [0.2, 0.25) is 0 Å². The van der Waals surface area contributed by atoms with Crippen LogP contribution < -0.4 is 24.8 Å². The Kier molecular flexibility index (Phi) is 10.2. The number of allylic oxidation sites excluding steroid dienone is 8. The fraction of sp³-hybridized carbons (Fsp3) is 0.615. The van der Waals surface area contributed by atoms with Gasteiger partial charge in [0.1, 0.15) is 0 Å². The van der Waals surface area contributed by atoms with Gasteiger partial charge in [-0.05, 0) is 24.7 Å². The van der Waals surface area contributed by atoms with E-state index >= 15 is 0 Å². The normalized spacial score (nSPS) is 33.1. The first-order valence-corrected chi connectivity index (χ1v) is 11.4. The van der Waals surface area contributed by atoms with Gasteiger partial charge in [0.25, 0.3) is 0 Å². The molecule has 4 unspecified atom stereocenters. The molecule has 6 rings (SSSR count). The van der Waals surface area contributed by atoms with Crippen LogP contribution in [-0.4, -0.2) is 0 Å². The van der Waals surface area contributed by atoms with Crippen LogP contribution in [0.25, 0.3) is 0 Å². The average molecular weight is 509 g/mol. The number of fused-ring (bicyclic) bond motifs is 4. The van der Waals surface area contributed by atoms with Crippen LogP contribution >= 0.6 is 0 Å². The Morgan fingerprint density at radius 3 is 1.41 bits per heavy atom. The Morgan fingerprint density at radius 1 is 0.552 bits per heavy atom. The van der Waals surface area contributed by atoms with Crippen LogP contribution in [0.1, 0.15) is 77.0 Å². The van der Waals surface area contributed by atoms with Crippen LogP contribution in [0.2, 0.25) is 0 Å². The maximum absolute atomic E-state index is 2.50. The standard InChI is InChI=1S/2C13H17.2ClH.Zr/c2*1-2-6-12-10(4-1)8-9-11-5-3-7-13(11)12;;;/h2*2,6-7,10-11H,1,3-5,8-9H2;2*1H;/q2*-1;;;+4/p-2. The molecule has 0 N–H and O–H groups in total. The first-order chi connectivity index (χ1) is 12.9. The molecule has 0 amide bonds. The Balaban J connectivity index is 0.000000187. The molecule has 2 saturated carbocycles. The molecule has 0 aromatic rings. The summed E-state index contributed by atoms with van der Waals surface area (Å²) in [6.07, 6.45) is 31.4. The van der Waals surface area contributed by atoms with Crippen molar-refractivity contribution >= 4 is 0 Å². The summed E-state index contributed by atoms with van der Waals surface area (Å²) in [5.74, 6) is 3.72. The summed E-state index contributed by atoms with van der Waals surface area (Å²) < 4.78 is 0. The van der Waals surface area contributed by atoms with E-state index in [1.54, 1.807) is 22.3 Å². The number of hydrogen-bond acceptors (Lipinski definition) is 0. The van der Waals surface area contributed by atoms with E-state index in [1.165, 1.54) is 77.0 Å². The third-order valence-corrected chi connectivity index (χ3v) is 7.87. The molecule has 0 nitrogen and oxygen atoms in total. The molecule has 0 aromatic carbocycles. The number of rotatable bonds is 0. The van der Waals surface area contributed by atoms with E-state index in [9.17, 15) is 0 Å². The van der Waals surface area contributed by atoms with Gasteiger partial charge in [0, 0.05) is 0 Å². The minimum Gasteiger partial charge on any atom is -1.00 e. The van der Waals surface area contributed by atoms with Gasteiger partial charge in [0.15, 0.2) is 0 Å². The molecule has 2 fully saturated rings. The first kappa shape index (κ1) is 25.4. The molecular formula is C26H34Cl2Zr. The molecule has 0 aromatic heterocycles. The van der Waals surface area contributed by atoms with Crippen LogP contribution in [-0.2, 0) is 26.2 Å². The second-order valence-corrected chi connectivity index (χ2v) is 9.29. The van der Waals surface area contributed by atoms with Crippen molar-refractivity contribution in [1.82, 2.24) is 0 Å². The van der Waals surface area contributed by atoms with Gasteiger partial charge in [-0.25, -0.2) is 24.0 Å². The zero-order chi connectivity index (χ0) is 17.3. The molecule has 0 aliphatic heterocycles. The summed E-state index contributed by atoms with van der Waals surface area (Å²) in [6.45, 7) is 0. The predicted octanol–water partition coefficient (Wildman–Crippen LogP) is 1.32. The summed E-state index contributed by atoms with van der Waals surface area (Å²) in [5, 5.41) is 0. The average Bonchev–Trinajstić information content (AvgIpc) is 3.38. The van der Waals surface area contributed by atoms with Crippen molar-refractivity contribution in [1.29, 1.82) is 0 Å². The molecular weight excluding hydrogens is 474 g/mol. The Bertz CT molecular complexity index is 614. The summed E-state index contributed by atoms with van der Waals surface area (Å²) >= 11 is 0. The van der Waals surface area contributed by atoms with Gasteiger partial charge >= 0.3 is 26.2 Å². The maximum Gasteiger partial charge on any atom is 4.00 e. The summed E-state index contributed by atoms with van der Waals surface area (Å²) in [6, 6.07) is 0. The van der Waals surface area contributed by atoms with Gasteiger partial charge in [0.05, 0.1) is 0 Å². The topological polar surface area (TPSA) is 0 Å². The van der Waals surface area contributed by atoms with Gasteiger partial charge in [-0.15, -0.1) is 37.1 Å². The third-order valence-electron chi connectivity index (χ3n) is 7.87. The Morgan fingerprint density at radius 2 is 0.966 bits per heavy atom. The number of hydrogen-bond donors (Lipinski definition) is 0. The van der Waals surface area contributed by atoms with E-state index in [2.05, 4.69) is 37.1 Å². The fourth-order valence-electron chi connectivity index (χ4n) is 6.50. The van der Waals surface area contributed by atoms with E-state index < -0.39 is 0 Å². The largest absolute Gasteiger partial charge is 4.00 e. The van der Waals surface area contributed by atoms with E-state index in [4.69, 9.17) is 0 Å². The molecule has 6 aliphatic carbocycles. The van der Waals surface area contributed by atoms with Crippen LogP contribution in [0.3, 0.4) is 0 Å². The predicted molar refractivity (Wildman–Crippen MR) is 110 cm³/mol. The summed E-state index contributed by atoms with van der Waals surface area (Å²) in [5.41, 5.74) is 6.87. The number of halogens is 2. The Labute approximate surface area is 210 Å². The monoisotopic (exact) mass is 506 g/mol. The second kappa shape index (κ2) is 11.7. The van der Waals surface area contributed by atoms with Crippen molar-refractivity contribution < 1.29 is 51.0 Å². The molecule has 29 heavy (non-hydrogen) atoms. The van der Waals surface area contributed by atoms with Crippen molar-refractivity contribution in [2.24, 2.45) is 23.7 Å². The van der Waals surface area contributed by atoms with Crippen molar-refractivity contribution in [3.8, 4) is 0 Å². The molecule has 4 atom stereocenters. The second-order valence-electron chi connectivity index (χ2n) is 9.29. The van der Waals surface area contributed by atoms with Crippen molar-refractivity contribution in [3.63, 3.8) is 0 Å². The Hall–Kier alpha value is 0.163. The molecule has 0 radical (unpaired) electrons. The third kappa shape index (κ3) is 5.33. The first-order valence-electron chi connectivity index (χ1n) is 11.4. The van der Waals surface area contributed by atoms with Gasteiger partial charge in [-0.1, -0.05) is 63.2 Å². The maximum atomic E-state index is 2.50. The van der Waals surface area contributed by atoms with Crippen molar-refractivity contribution in [3.05, 3.63) is 59.4 Å². The van der Waals surface area contributed by atoms with Crippen molar-refractivity contribution in [2.75, 3.05) is 0 Å². The molecule has 6 aliphatic rings. The van der Waals surface area contributed by atoms with Crippen LogP contribution in [0.4, 0.5) is 0 Å². The molecule has 0 bridgehead atoms. The SMILES string of the molecule is C1=CC2=C3[CH-]CCC3CCC2CC1.C1=CC2=C3[CH-]CCC3CCC2CC1.[Cl-].[Cl-].[Zr+4]. The minimum absolute atomic E-state index is 0. The van der Waals surface area contributed by atoms with Gasteiger partial charge in [-0.2, -0.15) is 11.1 Å². The van der Waals surface area contributed by atoms with E-state index in [0.717, 1.165) is 23.7 Å². The molecule has 3 heteroatoms. The van der Waals surface area contributed by atoms with Crippen LogP contribution in [0.15, 0.2) is 46.6 Å². The van der Waals surface area contributed by atoms with Crippen molar-refractivity contribution in [2.45, 2.75) is 77.0 Å². The minimum atomic E-state index is 0. The quantitative estimate of drug-likeness (QED) is 0.433. The zero-order valence-electron chi connectivity index (χ0n) is 17.5. The summed E-state index contributed by atoms with van der Waals surface area (Å²) in [4.78, 5) is 0. The van der Waals surface area contributed by atoms with Crippen LogP contribution in [0, 0.1) is 36.5 Å². The van der Waals surface area contributed by atoms with Crippen LogP contribution in [0.5, 0.6) is 0 Å². The van der Waals surface area contributed by atoms with E-state index in [1.807, 2.05) is 0 Å². The molecule has 0 heterocycles. The zero-order valence-corrected chi connectivity index (χ0v) is 21.5. The fourth-order valence-corrected chi connectivity index (χ4v) is 6.50. The van der Waals surface area contributed by atoms with Gasteiger partial charge < -0.3 is 24.8 Å². The van der Waals surface area contributed by atoms with E-state index in [-0.39, 0.29) is 51.0 Å². The smallest absolute Gasteiger partial charge is 1.00 e. The molecule has 0 saturated heterocycles. The van der Waals surface area contributed by atoms with E-state index in [0.29, 0.717) is 0 Å². The van der Waals surface area contributed by atoms with Gasteiger partial charge in [-0.3, -0.25) is 0 Å².